The molecule has 0 amide bonds. The maximum Gasteiger partial charge on any atom is 0.197 e. The lowest BCUT2D eigenvalue weighted by atomic mass is 10.1. The highest BCUT2D eigenvalue weighted by Gasteiger charge is 2.12. The highest BCUT2D eigenvalue weighted by molar-refractivity contribution is 5.72. The molecular formula is C14H13N3O. The van der Waals surface area contributed by atoms with Crippen LogP contribution in [0.15, 0.2) is 53.2 Å². The minimum Gasteiger partial charge on any atom is -0.441 e. The summed E-state index contributed by atoms with van der Waals surface area (Å²) < 4.78 is 5.65. The van der Waals surface area contributed by atoms with Gasteiger partial charge in [0, 0.05) is 24.9 Å². The summed E-state index contributed by atoms with van der Waals surface area (Å²) in [7, 11) is 0. The second-order valence-electron chi connectivity index (χ2n) is 4.17. The molecule has 2 aromatic heterocycles. The first kappa shape index (κ1) is 10.9. The summed E-state index contributed by atoms with van der Waals surface area (Å²) in [5.74, 6) is 0.660. The lowest BCUT2D eigenvalue weighted by Crippen LogP contribution is -2.13. The van der Waals surface area contributed by atoms with Gasteiger partial charge >= 0.3 is 0 Å². The highest BCUT2D eigenvalue weighted by Crippen LogP contribution is 2.19. The van der Waals surface area contributed by atoms with Crippen LogP contribution in [0.1, 0.15) is 17.5 Å². The minimum atomic E-state index is -0.147. The SMILES string of the molecule is NC(Cc1nc2ccccc2o1)c1cccnc1. The van der Waals surface area contributed by atoms with Gasteiger partial charge in [0.05, 0.1) is 0 Å². The van der Waals surface area contributed by atoms with E-state index in [2.05, 4.69) is 9.97 Å². The zero-order valence-corrected chi connectivity index (χ0v) is 9.78. The molecule has 1 aromatic carbocycles. The van der Waals surface area contributed by atoms with E-state index in [0.717, 1.165) is 16.7 Å². The Morgan fingerprint density at radius 3 is 2.83 bits per heavy atom. The fourth-order valence-electron chi connectivity index (χ4n) is 1.91. The predicted molar refractivity (Wildman–Crippen MR) is 68.9 cm³/mol. The van der Waals surface area contributed by atoms with Gasteiger partial charge in [0.2, 0.25) is 0 Å². The van der Waals surface area contributed by atoms with E-state index in [0.29, 0.717) is 12.3 Å². The number of aromatic nitrogens is 2. The summed E-state index contributed by atoms with van der Waals surface area (Å²) in [6, 6.07) is 11.4. The van der Waals surface area contributed by atoms with Crippen LogP contribution < -0.4 is 5.73 Å². The van der Waals surface area contributed by atoms with E-state index in [9.17, 15) is 0 Å². The average Bonchev–Trinajstić information content (AvgIpc) is 2.82. The van der Waals surface area contributed by atoms with Crippen molar-refractivity contribution in [1.29, 1.82) is 0 Å². The largest absolute Gasteiger partial charge is 0.441 e. The molecule has 2 heterocycles. The topological polar surface area (TPSA) is 64.9 Å². The molecule has 1 atom stereocenters. The molecule has 0 aliphatic heterocycles. The highest BCUT2D eigenvalue weighted by atomic mass is 16.3. The third-order valence-corrected chi connectivity index (χ3v) is 2.85. The molecule has 18 heavy (non-hydrogen) atoms. The van der Waals surface area contributed by atoms with E-state index in [-0.39, 0.29) is 6.04 Å². The quantitative estimate of drug-likeness (QED) is 0.762. The second-order valence-corrected chi connectivity index (χ2v) is 4.17. The number of rotatable bonds is 3. The lowest BCUT2D eigenvalue weighted by Gasteiger charge is -2.08. The van der Waals surface area contributed by atoms with Crippen molar-refractivity contribution in [3.8, 4) is 0 Å². The van der Waals surface area contributed by atoms with Gasteiger partial charge in [-0.1, -0.05) is 18.2 Å². The van der Waals surface area contributed by atoms with Crippen molar-refractivity contribution in [3.63, 3.8) is 0 Å². The zero-order chi connectivity index (χ0) is 12.4. The van der Waals surface area contributed by atoms with Gasteiger partial charge in [-0.05, 0) is 23.8 Å². The van der Waals surface area contributed by atoms with Crippen LogP contribution in [0, 0.1) is 0 Å². The number of para-hydroxylation sites is 2. The van der Waals surface area contributed by atoms with Gasteiger partial charge in [0.25, 0.3) is 0 Å². The van der Waals surface area contributed by atoms with Gasteiger partial charge in [0.15, 0.2) is 11.5 Å². The molecule has 0 saturated carbocycles. The number of hydrogen-bond acceptors (Lipinski definition) is 4. The van der Waals surface area contributed by atoms with Gasteiger partial charge in [0.1, 0.15) is 5.52 Å². The summed E-state index contributed by atoms with van der Waals surface area (Å²) >= 11 is 0. The first-order valence-electron chi connectivity index (χ1n) is 5.83. The third-order valence-electron chi connectivity index (χ3n) is 2.85. The monoisotopic (exact) mass is 239 g/mol. The van der Waals surface area contributed by atoms with Crippen molar-refractivity contribution in [1.82, 2.24) is 9.97 Å². The van der Waals surface area contributed by atoms with Crippen LogP contribution in [-0.4, -0.2) is 9.97 Å². The fraction of sp³-hybridized carbons (Fsp3) is 0.143. The summed E-state index contributed by atoms with van der Waals surface area (Å²) in [4.78, 5) is 8.47. The van der Waals surface area contributed by atoms with Crippen molar-refractivity contribution in [3.05, 3.63) is 60.2 Å². The Balaban J connectivity index is 1.84. The molecule has 0 aliphatic carbocycles. The zero-order valence-electron chi connectivity index (χ0n) is 9.78. The van der Waals surface area contributed by atoms with Gasteiger partial charge in [-0.2, -0.15) is 0 Å². The molecule has 2 N–H and O–H groups in total. The van der Waals surface area contributed by atoms with Crippen molar-refractivity contribution in [2.75, 3.05) is 0 Å². The standard InChI is InChI=1S/C14H13N3O/c15-11(10-4-3-7-16-9-10)8-14-17-12-5-1-2-6-13(12)18-14/h1-7,9,11H,8,15H2. The van der Waals surface area contributed by atoms with Crippen LogP contribution in [-0.2, 0) is 6.42 Å². The Bertz CT molecular complexity index is 615. The normalized spacial score (nSPS) is 12.7. The summed E-state index contributed by atoms with van der Waals surface area (Å²) in [6.45, 7) is 0. The molecule has 4 nitrogen and oxygen atoms in total. The predicted octanol–water partition coefficient (Wildman–Crippen LogP) is 2.47. The third kappa shape index (κ3) is 2.10. The second kappa shape index (κ2) is 4.58. The Hall–Kier alpha value is -2.20. The van der Waals surface area contributed by atoms with Crippen LogP contribution >= 0.6 is 0 Å². The van der Waals surface area contributed by atoms with Gasteiger partial charge in [-0.25, -0.2) is 4.98 Å². The maximum atomic E-state index is 6.11. The molecule has 3 rings (SSSR count). The van der Waals surface area contributed by atoms with Crippen LogP contribution in [0.25, 0.3) is 11.1 Å². The Morgan fingerprint density at radius 2 is 2.06 bits per heavy atom. The molecule has 0 bridgehead atoms. The summed E-state index contributed by atoms with van der Waals surface area (Å²) in [5.41, 5.74) is 8.76. The summed E-state index contributed by atoms with van der Waals surface area (Å²) in [6.07, 6.45) is 4.07. The number of hydrogen-bond donors (Lipinski definition) is 1. The number of benzene rings is 1. The molecule has 0 aliphatic rings. The molecule has 0 fully saturated rings. The maximum absolute atomic E-state index is 6.11. The molecule has 3 aromatic rings. The molecule has 0 saturated heterocycles. The van der Waals surface area contributed by atoms with E-state index in [1.807, 2.05) is 36.4 Å². The van der Waals surface area contributed by atoms with E-state index >= 15 is 0 Å². The van der Waals surface area contributed by atoms with Crippen molar-refractivity contribution in [2.45, 2.75) is 12.5 Å². The van der Waals surface area contributed by atoms with Crippen LogP contribution in [0.4, 0.5) is 0 Å². The smallest absolute Gasteiger partial charge is 0.197 e. The molecule has 1 unspecified atom stereocenters. The lowest BCUT2D eigenvalue weighted by molar-refractivity contribution is 0.502. The number of pyridine rings is 1. The first-order valence-corrected chi connectivity index (χ1v) is 5.83. The van der Waals surface area contributed by atoms with Gasteiger partial charge < -0.3 is 10.2 Å². The number of fused-ring (bicyclic) bond motifs is 1. The van der Waals surface area contributed by atoms with Crippen molar-refractivity contribution < 1.29 is 4.42 Å². The number of nitrogens with zero attached hydrogens (tertiary/aromatic N) is 2. The van der Waals surface area contributed by atoms with Gasteiger partial charge in [-0.3, -0.25) is 4.98 Å². The van der Waals surface area contributed by atoms with E-state index in [1.54, 1.807) is 12.4 Å². The Kier molecular flexibility index (Phi) is 2.78. The number of nitrogens with two attached hydrogens (primary N) is 1. The van der Waals surface area contributed by atoms with Gasteiger partial charge in [-0.15, -0.1) is 0 Å². The molecule has 90 valence electrons. The minimum absolute atomic E-state index is 0.147. The van der Waals surface area contributed by atoms with Crippen molar-refractivity contribution >= 4 is 11.1 Å². The van der Waals surface area contributed by atoms with Crippen LogP contribution in [0.3, 0.4) is 0 Å². The van der Waals surface area contributed by atoms with E-state index in [4.69, 9.17) is 10.2 Å². The van der Waals surface area contributed by atoms with E-state index in [1.165, 1.54) is 0 Å². The summed E-state index contributed by atoms with van der Waals surface area (Å²) in [5, 5.41) is 0. The molecular weight excluding hydrogens is 226 g/mol. The Morgan fingerprint density at radius 1 is 1.17 bits per heavy atom. The molecule has 0 spiro atoms. The van der Waals surface area contributed by atoms with E-state index < -0.39 is 0 Å². The van der Waals surface area contributed by atoms with Crippen LogP contribution in [0.2, 0.25) is 0 Å². The Labute approximate surface area is 104 Å². The molecule has 0 radical (unpaired) electrons. The first-order chi connectivity index (χ1) is 8.83. The van der Waals surface area contributed by atoms with Crippen molar-refractivity contribution in [2.24, 2.45) is 5.73 Å². The number of oxazole rings is 1. The average molecular weight is 239 g/mol. The van der Waals surface area contributed by atoms with Crippen LogP contribution in [0.5, 0.6) is 0 Å². The molecule has 4 heteroatoms. The fourth-order valence-corrected chi connectivity index (χ4v) is 1.91.